The van der Waals surface area contributed by atoms with Crippen molar-refractivity contribution >= 4 is 11.8 Å². The maximum Gasteiger partial charge on any atom is 0.0964 e. The molecular formula is C8H16N4S. The summed E-state index contributed by atoms with van der Waals surface area (Å²) >= 11 is 1.86. The summed E-state index contributed by atoms with van der Waals surface area (Å²) < 4.78 is 1.72. The van der Waals surface area contributed by atoms with E-state index in [4.69, 9.17) is 0 Å². The summed E-state index contributed by atoms with van der Waals surface area (Å²) in [6.07, 6.45) is 4.05. The van der Waals surface area contributed by atoms with Crippen LogP contribution in [0.3, 0.4) is 0 Å². The van der Waals surface area contributed by atoms with Crippen LogP contribution in [0, 0.1) is 0 Å². The summed E-state index contributed by atoms with van der Waals surface area (Å²) in [6, 6.07) is 0. The van der Waals surface area contributed by atoms with Gasteiger partial charge in [-0.2, -0.15) is 11.8 Å². The van der Waals surface area contributed by atoms with Crippen LogP contribution in [-0.2, 0) is 13.6 Å². The van der Waals surface area contributed by atoms with Crippen LogP contribution in [0.4, 0.5) is 0 Å². The number of hydrogen-bond acceptors (Lipinski definition) is 4. The monoisotopic (exact) mass is 200 g/mol. The Morgan fingerprint density at radius 1 is 1.69 bits per heavy atom. The molecule has 0 aliphatic rings. The molecule has 0 radical (unpaired) electrons. The van der Waals surface area contributed by atoms with E-state index in [9.17, 15) is 0 Å². The molecule has 1 aromatic rings. The van der Waals surface area contributed by atoms with E-state index in [1.165, 1.54) is 0 Å². The lowest BCUT2D eigenvalue weighted by molar-refractivity contribution is 0.668. The fourth-order valence-corrected chi connectivity index (χ4v) is 1.25. The zero-order valence-electron chi connectivity index (χ0n) is 8.32. The summed E-state index contributed by atoms with van der Waals surface area (Å²) in [5.41, 5.74) is 0.996. The highest BCUT2D eigenvalue weighted by Gasteiger charge is 2.00. The van der Waals surface area contributed by atoms with Gasteiger partial charge in [0.2, 0.25) is 0 Å². The van der Waals surface area contributed by atoms with Crippen LogP contribution in [0.15, 0.2) is 6.20 Å². The van der Waals surface area contributed by atoms with Gasteiger partial charge in [-0.3, -0.25) is 4.68 Å². The molecule has 1 rings (SSSR count). The van der Waals surface area contributed by atoms with Gasteiger partial charge in [0.25, 0.3) is 0 Å². The van der Waals surface area contributed by atoms with Gasteiger partial charge in [-0.25, -0.2) is 0 Å². The van der Waals surface area contributed by atoms with Gasteiger partial charge in [-0.1, -0.05) is 12.1 Å². The number of aryl methyl sites for hydroxylation is 1. The molecule has 1 N–H and O–H groups in total. The van der Waals surface area contributed by atoms with E-state index >= 15 is 0 Å². The molecule has 0 saturated heterocycles. The zero-order valence-corrected chi connectivity index (χ0v) is 9.14. The summed E-state index contributed by atoms with van der Waals surface area (Å²) in [5.74, 6) is 0. The minimum atomic E-state index is 0.650. The summed E-state index contributed by atoms with van der Waals surface area (Å²) in [4.78, 5) is 0. The molecule has 0 spiro atoms. The quantitative estimate of drug-likeness (QED) is 0.758. The molecule has 0 amide bonds. The Morgan fingerprint density at radius 3 is 3.00 bits per heavy atom. The largest absolute Gasteiger partial charge is 0.310 e. The molecular weight excluding hydrogens is 184 g/mol. The fraction of sp³-hybridized carbons (Fsp3) is 0.750. The summed E-state index contributed by atoms with van der Waals surface area (Å²) in [7, 11) is 1.88. The molecule has 0 saturated carbocycles. The summed E-state index contributed by atoms with van der Waals surface area (Å²) in [6.45, 7) is 4.02. The predicted molar refractivity (Wildman–Crippen MR) is 55.7 cm³/mol. The molecule has 5 heteroatoms. The highest BCUT2D eigenvalue weighted by atomic mass is 32.2. The Morgan fingerprint density at radius 2 is 2.46 bits per heavy atom. The van der Waals surface area contributed by atoms with Crippen molar-refractivity contribution in [3.8, 4) is 0 Å². The Kier molecular flexibility index (Phi) is 4.24. The van der Waals surface area contributed by atoms with Crippen LogP contribution >= 0.6 is 11.8 Å². The van der Waals surface area contributed by atoms with E-state index in [2.05, 4.69) is 28.8 Å². The number of thioether (sulfide) groups is 1. The van der Waals surface area contributed by atoms with Crippen LogP contribution in [-0.4, -0.2) is 33.0 Å². The van der Waals surface area contributed by atoms with Crippen LogP contribution in [0.25, 0.3) is 0 Å². The van der Waals surface area contributed by atoms with Gasteiger partial charge in [0.1, 0.15) is 0 Å². The minimum absolute atomic E-state index is 0.650. The average Bonchev–Trinajstić information content (AvgIpc) is 2.51. The molecule has 0 bridgehead atoms. The molecule has 1 unspecified atom stereocenters. The Hall–Kier alpha value is -0.550. The Bertz CT molecular complexity index is 248. The third kappa shape index (κ3) is 3.78. The van der Waals surface area contributed by atoms with Crippen molar-refractivity contribution in [2.45, 2.75) is 18.7 Å². The van der Waals surface area contributed by atoms with Gasteiger partial charge in [0.15, 0.2) is 0 Å². The number of rotatable bonds is 5. The molecule has 0 aliphatic heterocycles. The highest BCUT2D eigenvalue weighted by Crippen LogP contribution is 2.02. The molecule has 13 heavy (non-hydrogen) atoms. The molecule has 1 atom stereocenters. The third-order valence-electron chi connectivity index (χ3n) is 1.79. The van der Waals surface area contributed by atoms with Gasteiger partial charge in [-0.15, -0.1) is 5.10 Å². The molecule has 1 heterocycles. The van der Waals surface area contributed by atoms with Gasteiger partial charge in [0.05, 0.1) is 5.69 Å². The molecule has 1 aromatic heterocycles. The van der Waals surface area contributed by atoms with Gasteiger partial charge >= 0.3 is 0 Å². The Balaban J connectivity index is 2.20. The topological polar surface area (TPSA) is 42.7 Å². The number of hydrogen-bond donors (Lipinski definition) is 1. The molecule has 4 nitrogen and oxygen atoms in total. The first kappa shape index (κ1) is 10.5. The number of nitrogens with one attached hydrogen (secondary N) is 1. The van der Waals surface area contributed by atoms with Gasteiger partial charge in [0, 0.05) is 31.6 Å². The Labute approximate surface area is 83.1 Å². The molecule has 0 fully saturated rings. The lowest BCUT2D eigenvalue weighted by atomic mass is 10.4. The SMILES string of the molecule is CSC(C)CNCc1cn(C)nn1. The first-order valence-corrected chi connectivity index (χ1v) is 5.60. The van der Waals surface area contributed by atoms with Crippen LogP contribution in [0.1, 0.15) is 12.6 Å². The van der Waals surface area contributed by atoms with Crippen LogP contribution < -0.4 is 5.32 Å². The van der Waals surface area contributed by atoms with E-state index in [1.54, 1.807) is 4.68 Å². The van der Waals surface area contributed by atoms with Crippen molar-refractivity contribution in [3.05, 3.63) is 11.9 Å². The second kappa shape index (κ2) is 5.24. The van der Waals surface area contributed by atoms with E-state index in [1.807, 2.05) is 25.0 Å². The van der Waals surface area contributed by atoms with Gasteiger partial charge < -0.3 is 5.32 Å². The predicted octanol–water partition coefficient (Wildman–Crippen LogP) is 0.656. The fourth-order valence-electron chi connectivity index (χ4n) is 0.963. The zero-order chi connectivity index (χ0) is 9.68. The van der Waals surface area contributed by atoms with E-state index in [0.29, 0.717) is 5.25 Å². The van der Waals surface area contributed by atoms with Crippen LogP contribution in [0.5, 0.6) is 0 Å². The second-order valence-corrected chi connectivity index (χ2v) is 4.34. The van der Waals surface area contributed by atoms with Crippen molar-refractivity contribution in [3.63, 3.8) is 0 Å². The lowest BCUT2D eigenvalue weighted by Crippen LogP contribution is -2.22. The maximum absolute atomic E-state index is 3.98. The third-order valence-corrected chi connectivity index (χ3v) is 2.76. The minimum Gasteiger partial charge on any atom is -0.310 e. The highest BCUT2D eigenvalue weighted by molar-refractivity contribution is 7.99. The maximum atomic E-state index is 3.98. The number of aromatic nitrogens is 3. The van der Waals surface area contributed by atoms with E-state index in [-0.39, 0.29) is 0 Å². The van der Waals surface area contributed by atoms with Crippen LogP contribution in [0.2, 0.25) is 0 Å². The lowest BCUT2D eigenvalue weighted by Gasteiger charge is -2.07. The molecule has 0 aliphatic carbocycles. The first-order chi connectivity index (χ1) is 6.22. The smallest absolute Gasteiger partial charge is 0.0964 e. The summed E-state index contributed by atoms with van der Waals surface area (Å²) in [5, 5.41) is 11.8. The van der Waals surface area contributed by atoms with Crippen molar-refractivity contribution in [2.75, 3.05) is 12.8 Å². The normalized spacial score (nSPS) is 13.2. The second-order valence-electron chi connectivity index (χ2n) is 3.06. The van der Waals surface area contributed by atoms with E-state index < -0.39 is 0 Å². The van der Waals surface area contributed by atoms with Crippen molar-refractivity contribution in [2.24, 2.45) is 7.05 Å². The van der Waals surface area contributed by atoms with E-state index in [0.717, 1.165) is 18.8 Å². The van der Waals surface area contributed by atoms with Crippen molar-refractivity contribution < 1.29 is 0 Å². The average molecular weight is 200 g/mol. The number of nitrogens with zero attached hydrogens (tertiary/aromatic N) is 3. The standard InChI is InChI=1S/C8H16N4S/c1-7(13-3)4-9-5-8-6-12(2)11-10-8/h6-7,9H,4-5H2,1-3H3. The molecule has 74 valence electrons. The molecule has 0 aromatic carbocycles. The van der Waals surface area contributed by atoms with Crippen molar-refractivity contribution in [1.82, 2.24) is 20.3 Å². The van der Waals surface area contributed by atoms with Gasteiger partial charge in [-0.05, 0) is 6.26 Å². The van der Waals surface area contributed by atoms with Crippen molar-refractivity contribution in [1.29, 1.82) is 0 Å². The first-order valence-electron chi connectivity index (χ1n) is 4.31.